The van der Waals surface area contributed by atoms with Crippen molar-refractivity contribution in [3.63, 3.8) is 0 Å². The number of rotatable bonds is 1. The molecule has 2 aliphatic rings. The van der Waals surface area contributed by atoms with Crippen LogP contribution < -0.4 is 0 Å². The van der Waals surface area contributed by atoms with Crippen LogP contribution in [0.2, 0.25) is 0 Å². The van der Waals surface area contributed by atoms with Gasteiger partial charge in [-0.2, -0.15) is 0 Å². The van der Waals surface area contributed by atoms with Crippen LogP contribution in [0.15, 0.2) is 84.9 Å². The molecule has 0 heteroatoms. The van der Waals surface area contributed by atoms with Gasteiger partial charge in [-0.05, 0) is 56.1 Å². The summed E-state index contributed by atoms with van der Waals surface area (Å²) in [6.07, 6.45) is 5.74. The third kappa shape index (κ3) is 1.84. The molecule has 6 rings (SSSR count). The van der Waals surface area contributed by atoms with Gasteiger partial charge in [0, 0.05) is 5.92 Å². The molecule has 4 aromatic carbocycles. The van der Waals surface area contributed by atoms with Crippen molar-refractivity contribution in [1.29, 1.82) is 0 Å². The van der Waals surface area contributed by atoms with E-state index in [-0.39, 0.29) is 0 Å². The first-order chi connectivity index (χ1) is 12.9. The van der Waals surface area contributed by atoms with Gasteiger partial charge in [0.1, 0.15) is 0 Å². The van der Waals surface area contributed by atoms with Crippen LogP contribution in [-0.4, -0.2) is 0 Å². The van der Waals surface area contributed by atoms with Gasteiger partial charge in [0.15, 0.2) is 0 Å². The summed E-state index contributed by atoms with van der Waals surface area (Å²) < 4.78 is 0. The summed E-state index contributed by atoms with van der Waals surface area (Å²) in [5.74, 6) is 0.331. The second kappa shape index (κ2) is 5.19. The lowest BCUT2D eigenvalue weighted by Gasteiger charge is -2.24. The first-order valence-electron chi connectivity index (χ1n) is 9.30. The van der Waals surface area contributed by atoms with E-state index < -0.39 is 0 Å². The van der Waals surface area contributed by atoms with Crippen LogP contribution in [0, 0.1) is 0 Å². The smallest absolute Gasteiger partial charge is 0.0282 e. The van der Waals surface area contributed by atoms with Crippen LogP contribution in [0.25, 0.3) is 28.0 Å². The van der Waals surface area contributed by atoms with Gasteiger partial charge in [0.05, 0.1) is 0 Å². The van der Waals surface area contributed by atoms with Crippen LogP contribution in [0.4, 0.5) is 0 Å². The van der Waals surface area contributed by atoms with Crippen LogP contribution in [0.3, 0.4) is 0 Å². The lowest BCUT2D eigenvalue weighted by Crippen LogP contribution is -2.06. The second-order valence-corrected chi connectivity index (χ2v) is 7.34. The maximum absolute atomic E-state index is 2.38. The number of benzene rings is 4. The number of allylic oxidation sites excluding steroid dienone is 1. The van der Waals surface area contributed by atoms with E-state index in [4.69, 9.17) is 0 Å². The Kier molecular flexibility index (Phi) is 2.81. The molecule has 0 nitrogen and oxygen atoms in total. The van der Waals surface area contributed by atoms with Crippen molar-refractivity contribution in [3.05, 3.63) is 113 Å². The van der Waals surface area contributed by atoms with Crippen molar-refractivity contribution in [2.45, 2.75) is 12.3 Å². The van der Waals surface area contributed by atoms with E-state index in [1.807, 2.05) is 0 Å². The average molecular weight is 330 g/mol. The monoisotopic (exact) mass is 330 g/mol. The highest BCUT2D eigenvalue weighted by Crippen LogP contribution is 2.44. The number of hydrogen-bond donors (Lipinski definition) is 0. The Labute approximate surface area is 153 Å². The molecule has 0 fully saturated rings. The minimum absolute atomic E-state index is 0.331. The van der Waals surface area contributed by atoms with E-state index in [1.165, 1.54) is 49.7 Å². The Morgan fingerprint density at radius 1 is 0.654 bits per heavy atom. The maximum atomic E-state index is 2.38. The summed E-state index contributed by atoms with van der Waals surface area (Å²) >= 11 is 0. The first kappa shape index (κ1) is 14.1. The molecular formula is C26H18. The fourth-order valence-electron chi connectivity index (χ4n) is 4.85. The summed E-state index contributed by atoms with van der Waals surface area (Å²) in [6.45, 7) is 0. The molecule has 4 aromatic rings. The zero-order chi connectivity index (χ0) is 17.1. The summed E-state index contributed by atoms with van der Waals surface area (Å²) in [6, 6.07) is 29.0. The molecular weight excluding hydrogens is 312 g/mol. The van der Waals surface area contributed by atoms with Crippen molar-refractivity contribution < 1.29 is 0 Å². The van der Waals surface area contributed by atoms with Crippen molar-refractivity contribution in [3.8, 4) is 11.1 Å². The molecule has 0 N–H and O–H groups in total. The van der Waals surface area contributed by atoms with E-state index in [2.05, 4.69) is 91.0 Å². The molecule has 26 heavy (non-hydrogen) atoms. The highest BCUT2D eigenvalue weighted by molar-refractivity contribution is 5.96. The maximum Gasteiger partial charge on any atom is 0.0282 e. The molecule has 0 heterocycles. The van der Waals surface area contributed by atoms with Crippen LogP contribution in [-0.2, 0) is 6.42 Å². The van der Waals surface area contributed by atoms with Crippen molar-refractivity contribution in [2.24, 2.45) is 0 Å². The fourth-order valence-corrected chi connectivity index (χ4v) is 4.85. The Bertz CT molecular complexity index is 1200. The second-order valence-electron chi connectivity index (χ2n) is 7.34. The minimum atomic E-state index is 0.331. The van der Waals surface area contributed by atoms with Gasteiger partial charge in [-0.3, -0.25) is 0 Å². The Morgan fingerprint density at radius 2 is 1.42 bits per heavy atom. The van der Waals surface area contributed by atoms with E-state index in [0.29, 0.717) is 5.92 Å². The lowest BCUT2D eigenvalue weighted by atomic mass is 9.80. The quantitative estimate of drug-likeness (QED) is 0.326. The molecule has 2 aliphatic carbocycles. The molecule has 0 amide bonds. The van der Waals surface area contributed by atoms with Crippen LogP contribution >= 0.6 is 0 Å². The van der Waals surface area contributed by atoms with Gasteiger partial charge in [-0.15, -0.1) is 0 Å². The van der Waals surface area contributed by atoms with Gasteiger partial charge in [-0.25, -0.2) is 0 Å². The van der Waals surface area contributed by atoms with Crippen LogP contribution in [0.5, 0.6) is 0 Å². The SMILES string of the molecule is C1=CC(c2cccc3c2Cc2ccccc2-3)c2cccc3cccc1c23. The highest BCUT2D eigenvalue weighted by Gasteiger charge is 2.26. The van der Waals surface area contributed by atoms with Gasteiger partial charge in [0.25, 0.3) is 0 Å². The standard InChI is InChI=1S/C26H18/c1-2-10-20-19(6-1)16-25-21(20)11-5-12-22(25)23-15-14-18-8-3-7-17-9-4-13-24(23)26(17)18/h1-15,23H,16H2. The van der Waals surface area contributed by atoms with Gasteiger partial charge in [0.2, 0.25) is 0 Å². The number of hydrogen-bond acceptors (Lipinski definition) is 0. The molecule has 1 unspecified atom stereocenters. The molecule has 1 atom stereocenters. The van der Waals surface area contributed by atoms with E-state index in [1.54, 1.807) is 0 Å². The average Bonchev–Trinajstić information content (AvgIpc) is 3.08. The molecule has 0 aromatic heterocycles. The fraction of sp³-hybridized carbons (Fsp3) is 0.0769. The van der Waals surface area contributed by atoms with Crippen LogP contribution in [0.1, 0.15) is 33.7 Å². The molecule has 122 valence electrons. The topological polar surface area (TPSA) is 0 Å². The zero-order valence-electron chi connectivity index (χ0n) is 14.4. The van der Waals surface area contributed by atoms with E-state index in [9.17, 15) is 0 Å². The van der Waals surface area contributed by atoms with E-state index >= 15 is 0 Å². The third-order valence-corrected chi connectivity index (χ3v) is 5.99. The van der Waals surface area contributed by atoms with Crippen molar-refractivity contribution in [1.82, 2.24) is 0 Å². The molecule has 0 aliphatic heterocycles. The Morgan fingerprint density at radius 3 is 2.38 bits per heavy atom. The molecule has 0 spiro atoms. The Balaban J connectivity index is 1.59. The molecule has 0 saturated heterocycles. The largest absolute Gasteiger partial charge is 0.0720 e. The van der Waals surface area contributed by atoms with Crippen molar-refractivity contribution in [2.75, 3.05) is 0 Å². The Hall–Kier alpha value is -3.12. The third-order valence-electron chi connectivity index (χ3n) is 5.99. The molecule has 0 radical (unpaired) electrons. The van der Waals surface area contributed by atoms with Gasteiger partial charge in [-0.1, -0.05) is 91.0 Å². The summed E-state index contributed by atoms with van der Waals surface area (Å²) in [7, 11) is 0. The number of fused-ring (bicyclic) bond motifs is 3. The molecule has 0 bridgehead atoms. The predicted octanol–water partition coefficient (Wildman–Crippen LogP) is 6.57. The summed E-state index contributed by atoms with van der Waals surface area (Å²) in [4.78, 5) is 0. The highest BCUT2D eigenvalue weighted by atomic mass is 14.3. The lowest BCUT2D eigenvalue weighted by molar-refractivity contribution is 1.01. The zero-order valence-corrected chi connectivity index (χ0v) is 14.4. The van der Waals surface area contributed by atoms with Gasteiger partial charge >= 0.3 is 0 Å². The summed E-state index contributed by atoms with van der Waals surface area (Å²) in [5.41, 5.74) is 10.0. The first-order valence-corrected chi connectivity index (χ1v) is 9.30. The van der Waals surface area contributed by atoms with Crippen molar-refractivity contribution >= 4 is 16.8 Å². The molecule has 0 saturated carbocycles. The normalized spacial score (nSPS) is 16.5. The summed E-state index contributed by atoms with van der Waals surface area (Å²) in [5, 5.41) is 2.75. The van der Waals surface area contributed by atoms with Gasteiger partial charge < -0.3 is 0 Å². The van der Waals surface area contributed by atoms with E-state index in [0.717, 1.165) is 6.42 Å². The predicted molar refractivity (Wildman–Crippen MR) is 110 cm³/mol. The minimum Gasteiger partial charge on any atom is -0.0720 e.